The van der Waals surface area contributed by atoms with Crippen LogP contribution in [0, 0.1) is 6.92 Å². The van der Waals surface area contributed by atoms with Crippen LogP contribution in [-0.2, 0) is 16.1 Å². The lowest BCUT2D eigenvalue weighted by atomic mass is 10.1. The van der Waals surface area contributed by atoms with Crippen molar-refractivity contribution in [2.45, 2.75) is 20.4 Å². The van der Waals surface area contributed by atoms with Crippen LogP contribution in [0.4, 0.5) is 0 Å². The van der Waals surface area contributed by atoms with E-state index in [0.717, 1.165) is 10.3 Å². The molecule has 0 spiro atoms. The second kappa shape index (κ2) is 8.25. The molecule has 0 N–H and O–H groups in total. The Bertz CT molecular complexity index is 1100. The van der Waals surface area contributed by atoms with Gasteiger partial charge < -0.3 is 9.30 Å². The van der Waals surface area contributed by atoms with Crippen molar-refractivity contribution >= 4 is 56.6 Å². The van der Waals surface area contributed by atoms with Gasteiger partial charge in [0.05, 0.1) is 21.8 Å². The molecule has 0 aliphatic carbocycles. The number of ether oxygens (including phenoxy) is 1. The van der Waals surface area contributed by atoms with E-state index in [1.807, 2.05) is 13.0 Å². The normalized spacial score (nSPS) is 11.8. The van der Waals surface area contributed by atoms with E-state index in [-0.39, 0.29) is 13.2 Å². The minimum absolute atomic E-state index is 0.102. The molecular weight excluding hydrogens is 407 g/mol. The third kappa shape index (κ3) is 4.40. The summed E-state index contributed by atoms with van der Waals surface area (Å²) in [6.45, 7) is 3.79. The van der Waals surface area contributed by atoms with Gasteiger partial charge in [0, 0.05) is 10.6 Å². The maximum absolute atomic E-state index is 12.6. The number of benzene rings is 2. The summed E-state index contributed by atoms with van der Waals surface area (Å²) in [5.41, 5.74) is 2.02. The van der Waals surface area contributed by atoms with Crippen molar-refractivity contribution in [3.8, 4) is 0 Å². The van der Waals surface area contributed by atoms with E-state index < -0.39 is 11.9 Å². The summed E-state index contributed by atoms with van der Waals surface area (Å²) in [6, 6.07) is 10.5. The summed E-state index contributed by atoms with van der Waals surface area (Å²) in [4.78, 5) is 29.2. The highest BCUT2D eigenvalue weighted by molar-refractivity contribution is 7.16. The maximum Gasteiger partial charge on any atom is 0.326 e. The van der Waals surface area contributed by atoms with Gasteiger partial charge in [0.15, 0.2) is 4.80 Å². The third-order valence-corrected chi connectivity index (χ3v) is 5.28. The number of amides is 1. The van der Waals surface area contributed by atoms with Crippen molar-refractivity contribution in [3.05, 3.63) is 62.4 Å². The third-order valence-electron chi connectivity index (χ3n) is 3.75. The molecule has 3 aromatic rings. The molecule has 0 saturated carbocycles. The average molecular weight is 423 g/mol. The fraction of sp³-hybridized carbons (Fsp3) is 0.211. The van der Waals surface area contributed by atoms with Gasteiger partial charge in [-0.25, -0.2) is 0 Å². The summed E-state index contributed by atoms with van der Waals surface area (Å²) in [5.74, 6) is -0.835. The lowest BCUT2D eigenvalue weighted by molar-refractivity contribution is -0.143. The number of aromatic nitrogens is 1. The van der Waals surface area contributed by atoms with Crippen LogP contribution in [0.5, 0.6) is 0 Å². The number of esters is 1. The molecule has 0 fully saturated rings. The Labute approximate surface area is 169 Å². The van der Waals surface area contributed by atoms with E-state index >= 15 is 0 Å². The largest absolute Gasteiger partial charge is 0.465 e. The molecule has 1 amide bonds. The van der Waals surface area contributed by atoms with Gasteiger partial charge in [-0.3, -0.25) is 9.59 Å². The molecule has 1 heterocycles. The van der Waals surface area contributed by atoms with Crippen LogP contribution in [0.3, 0.4) is 0 Å². The number of aryl methyl sites for hydroxylation is 1. The number of hydrogen-bond donors (Lipinski definition) is 0. The summed E-state index contributed by atoms with van der Waals surface area (Å²) >= 11 is 13.7. The minimum atomic E-state index is -0.437. The number of nitrogens with zero attached hydrogens (tertiary/aromatic N) is 2. The molecule has 0 aliphatic heterocycles. The molecule has 0 saturated heterocycles. The van der Waals surface area contributed by atoms with Gasteiger partial charge in [0.1, 0.15) is 6.54 Å². The van der Waals surface area contributed by atoms with Crippen LogP contribution in [0.25, 0.3) is 10.2 Å². The second-order valence-electron chi connectivity index (χ2n) is 5.80. The number of fused-ring (bicyclic) bond motifs is 1. The fourth-order valence-electron chi connectivity index (χ4n) is 2.63. The molecule has 5 nitrogen and oxygen atoms in total. The SMILES string of the molecule is CCOC(=O)Cn1c(=NC(=O)c2cccc(C)c2)sc2cc(Cl)cc(Cl)c21. The zero-order valence-corrected chi connectivity index (χ0v) is 17.0. The van der Waals surface area contributed by atoms with Gasteiger partial charge in [-0.2, -0.15) is 4.99 Å². The van der Waals surface area contributed by atoms with E-state index in [1.54, 1.807) is 41.8 Å². The monoisotopic (exact) mass is 422 g/mol. The first-order valence-electron chi connectivity index (χ1n) is 8.18. The molecule has 0 aliphatic rings. The van der Waals surface area contributed by atoms with Crippen molar-refractivity contribution < 1.29 is 14.3 Å². The molecule has 27 heavy (non-hydrogen) atoms. The van der Waals surface area contributed by atoms with Gasteiger partial charge in [0.2, 0.25) is 0 Å². The predicted molar refractivity (Wildman–Crippen MR) is 108 cm³/mol. The van der Waals surface area contributed by atoms with Crippen LogP contribution in [0.1, 0.15) is 22.8 Å². The van der Waals surface area contributed by atoms with Gasteiger partial charge in [-0.1, -0.05) is 52.2 Å². The number of thiazole rings is 1. The lowest BCUT2D eigenvalue weighted by Gasteiger charge is -2.06. The van der Waals surface area contributed by atoms with Crippen LogP contribution in [0.2, 0.25) is 10.0 Å². The quantitative estimate of drug-likeness (QED) is 0.576. The lowest BCUT2D eigenvalue weighted by Crippen LogP contribution is -2.23. The molecule has 0 radical (unpaired) electrons. The van der Waals surface area contributed by atoms with Gasteiger partial charge >= 0.3 is 5.97 Å². The molecule has 0 unspecified atom stereocenters. The first-order valence-corrected chi connectivity index (χ1v) is 9.76. The number of carbonyl (C=O) groups excluding carboxylic acids is 2. The van der Waals surface area contributed by atoms with E-state index in [0.29, 0.717) is 25.9 Å². The Hall–Kier alpha value is -2.15. The highest BCUT2D eigenvalue weighted by Gasteiger charge is 2.16. The zero-order chi connectivity index (χ0) is 19.6. The first-order chi connectivity index (χ1) is 12.9. The first kappa shape index (κ1) is 19.6. The smallest absolute Gasteiger partial charge is 0.326 e. The summed E-state index contributed by atoms with van der Waals surface area (Å²) < 4.78 is 7.35. The van der Waals surface area contributed by atoms with E-state index in [4.69, 9.17) is 27.9 Å². The number of rotatable bonds is 4. The predicted octanol–water partition coefficient (Wildman–Crippen LogP) is 4.62. The Kier molecular flexibility index (Phi) is 5.99. The van der Waals surface area contributed by atoms with Crippen molar-refractivity contribution in [2.24, 2.45) is 4.99 Å². The molecule has 140 valence electrons. The molecular formula is C19H16Cl2N2O3S. The summed E-state index contributed by atoms with van der Waals surface area (Å²) in [7, 11) is 0. The number of carbonyl (C=O) groups is 2. The molecule has 0 atom stereocenters. The molecule has 3 rings (SSSR count). The number of halogens is 2. The fourth-order valence-corrected chi connectivity index (χ4v) is 4.44. The van der Waals surface area contributed by atoms with Crippen LogP contribution in [0.15, 0.2) is 41.4 Å². The minimum Gasteiger partial charge on any atom is -0.465 e. The average Bonchev–Trinajstić information content (AvgIpc) is 2.92. The van der Waals surface area contributed by atoms with Gasteiger partial charge in [-0.05, 0) is 38.1 Å². The molecule has 2 aromatic carbocycles. The van der Waals surface area contributed by atoms with Crippen molar-refractivity contribution in [1.29, 1.82) is 0 Å². The van der Waals surface area contributed by atoms with Crippen molar-refractivity contribution in [2.75, 3.05) is 6.61 Å². The second-order valence-corrected chi connectivity index (χ2v) is 7.65. The highest BCUT2D eigenvalue weighted by Crippen LogP contribution is 2.29. The van der Waals surface area contributed by atoms with Crippen molar-refractivity contribution in [1.82, 2.24) is 4.57 Å². The topological polar surface area (TPSA) is 60.7 Å². The maximum atomic E-state index is 12.6. The molecule has 0 bridgehead atoms. The Morgan fingerprint density at radius 3 is 2.70 bits per heavy atom. The van der Waals surface area contributed by atoms with Crippen LogP contribution in [-0.4, -0.2) is 23.1 Å². The van der Waals surface area contributed by atoms with E-state index in [2.05, 4.69) is 4.99 Å². The summed E-state index contributed by atoms with van der Waals surface area (Å²) in [6.07, 6.45) is 0. The molecule has 8 heteroatoms. The molecule has 1 aromatic heterocycles. The Balaban J connectivity index is 2.17. The highest BCUT2D eigenvalue weighted by atomic mass is 35.5. The summed E-state index contributed by atoms with van der Waals surface area (Å²) in [5, 5.41) is 0.844. The van der Waals surface area contributed by atoms with E-state index in [1.165, 1.54) is 11.3 Å². The number of hydrogen-bond acceptors (Lipinski definition) is 4. The van der Waals surface area contributed by atoms with E-state index in [9.17, 15) is 9.59 Å². The van der Waals surface area contributed by atoms with Crippen molar-refractivity contribution in [3.63, 3.8) is 0 Å². The Morgan fingerprint density at radius 2 is 2.00 bits per heavy atom. The van der Waals surface area contributed by atoms with Gasteiger partial charge in [-0.15, -0.1) is 0 Å². The van der Waals surface area contributed by atoms with Crippen LogP contribution >= 0.6 is 34.5 Å². The standard InChI is InChI=1S/C19H16Cl2N2O3S/c1-3-26-16(24)10-23-17-14(21)8-13(20)9-15(17)27-19(23)22-18(25)12-6-4-5-11(2)7-12/h4-9H,3,10H2,1-2H3. The Morgan fingerprint density at radius 1 is 1.22 bits per heavy atom. The zero-order valence-electron chi connectivity index (χ0n) is 14.7. The van der Waals surface area contributed by atoms with Crippen LogP contribution < -0.4 is 4.80 Å². The van der Waals surface area contributed by atoms with Gasteiger partial charge in [0.25, 0.3) is 5.91 Å².